The Hall–Kier alpha value is -2.43. The molecule has 0 bridgehead atoms. The summed E-state index contributed by atoms with van der Waals surface area (Å²) in [6, 6.07) is 9.29. The minimum Gasteiger partial charge on any atom is -0.398 e. The first-order chi connectivity index (χ1) is 7.84. The number of hydrogen-bond acceptors (Lipinski definition) is 4. The van der Waals surface area contributed by atoms with Gasteiger partial charge >= 0.3 is 0 Å². The van der Waals surface area contributed by atoms with E-state index in [0.717, 1.165) is 11.3 Å². The molecule has 2 N–H and O–H groups in total. The first kappa shape index (κ1) is 8.84. The van der Waals surface area contributed by atoms with Crippen LogP contribution < -0.4 is 5.73 Å². The predicted octanol–water partition coefficient (Wildman–Crippen LogP) is 1.37. The number of nitrogens with two attached hydrogens (primary N) is 1. The SMILES string of the molecule is Nc1ccc2nnc(-c3ccccn3)n2c1. The lowest BCUT2D eigenvalue weighted by atomic mass is 10.3. The van der Waals surface area contributed by atoms with Crippen LogP contribution in [0, 0.1) is 0 Å². The second-order valence-electron chi connectivity index (χ2n) is 3.43. The molecule has 78 valence electrons. The molecule has 0 fully saturated rings. The van der Waals surface area contributed by atoms with Gasteiger partial charge in [-0.3, -0.25) is 9.38 Å². The Morgan fingerprint density at radius 3 is 2.81 bits per heavy atom. The average molecular weight is 211 g/mol. The molecule has 0 aliphatic rings. The molecule has 0 aliphatic carbocycles. The second kappa shape index (κ2) is 3.30. The van der Waals surface area contributed by atoms with Crippen molar-refractivity contribution in [1.82, 2.24) is 19.6 Å². The van der Waals surface area contributed by atoms with Crippen LogP contribution in [0.1, 0.15) is 0 Å². The summed E-state index contributed by atoms with van der Waals surface area (Å²) in [5.41, 5.74) is 7.94. The maximum atomic E-state index is 5.73. The minimum absolute atomic E-state index is 0.671. The quantitative estimate of drug-likeness (QED) is 0.660. The molecule has 16 heavy (non-hydrogen) atoms. The molecule has 3 rings (SSSR count). The lowest BCUT2D eigenvalue weighted by Gasteiger charge is -1.99. The minimum atomic E-state index is 0.671. The Labute approximate surface area is 91.6 Å². The van der Waals surface area contributed by atoms with Gasteiger partial charge in [0.25, 0.3) is 0 Å². The molecule has 3 heterocycles. The van der Waals surface area contributed by atoms with Gasteiger partial charge < -0.3 is 5.73 Å². The largest absolute Gasteiger partial charge is 0.398 e. The fraction of sp³-hybridized carbons (Fsp3) is 0. The molecular formula is C11H9N5. The van der Waals surface area contributed by atoms with Crippen LogP contribution in [0.2, 0.25) is 0 Å². The second-order valence-corrected chi connectivity index (χ2v) is 3.43. The zero-order valence-electron chi connectivity index (χ0n) is 8.41. The Balaban J connectivity index is 2.29. The highest BCUT2D eigenvalue weighted by Gasteiger charge is 2.08. The number of anilines is 1. The van der Waals surface area contributed by atoms with Crippen LogP contribution in [0.25, 0.3) is 17.2 Å². The van der Waals surface area contributed by atoms with Crippen LogP contribution >= 0.6 is 0 Å². The van der Waals surface area contributed by atoms with Crippen molar-refractivity contribution in [2.75, 3.05) is 5.73 Å². The average Bonchev–Trinajstić information content (AvgIpc) is 2.73. The third kappa shape index (κ3) is 1.30. The summed E-state index contributed by atoms with van der Waals surface area (Å²) in [4.78, 5) is 4.24. The Kier molecular flexibility index (Phi) is 1.83. The van der Waals surface area contributed by atoms with Crippen molar-refractivity contribution < 1.29 is 0 Å². The molecule has 3 aromatic heterocycles. The van der Waals surface area contributed by atoms with E-state index in [1.54, 1.807) is 18.5 Å². The number of pyridine rings is 2. The molecule has 0 aliphatic heterocycles. The molecule has 0 atom stereocenters. The monoisotopic (exact) mass is 211 g/mol. The molecule has 0 saturated heterocycles. The third-order valence-corrected chi connectivity index (χ3v) is 2.32. The summed E-state index contributed by atoms with van der Waals surface area (Å²) in [6.45, 7) is 0. The molecule has 0 amide bonds. The van der Waals surface area contributed by atoms with Crippen LogP contribution in [0.3, 0.4) is 0 Å². The van der Waals surface area contributed by atoms with Gasteiger partial charge in [0.1, 0.15) is 5.69 Å². The molecule has 0 radical (unpaired) electrons. The van der Waals surface area contributed by atoms with Crippen LogP contribution in [0.4, 0.5) is 5.69 Å². The molecule has 0 aromatic carbocycles. The van der Waals surface area contributed by atoms with E-state index >= 15 is 0 Å². The molecule has 0 unspecified atom stereocenters. The Morgan fingerprint density at radius 2 is 2.00 bits per heavy atom. The van der Waals surface area contributed by atoms with Crippen molar-refractivity contribution in [3.63, 3.8) is 0 Å². The van der Waals surface area contributed by atoms with Gasteiger partial charge in [-0.05, 0) is 24.3 Å². The highest BCUT2D eigenvalue weighted by molar-refractivity contribution is 5.57. The van der Waals surface area contributed by atoms with E-state index in [0.29, 0.717) is 11.5 Å². The van der Waals surface area contributed by atoms with Crippen molar-refractivity contribution in [3.05, 3.63) is 42.7 Å². The van der Waals surface area contributed by atoms with E-state index < -0.39 is 0 Å². The van der Waals surface area contributed by atoms with Gasteiger partial charge in [-0.15, -0.1) is 10.2 Å². The van der Waals surface area contributed by atoms with Gasteiger partial charge in [0, 0.05) is 18.1 Å². The smallest absolute Gasteiger partial charge is 0.187 e. The van der Waals surface area contributed by atoms with Crippen LogP contribution in [0.5, 0.6) is 0 Å². The van der Waals surface area contributed by atoms with E-state index in [9.17, 15) is 0 Å². The maximum absolute atomic E-state index is 5.73. The molecule has 5 heteroatoms. The molecule has 0 spiro atoms. The van der Waals surface area contributed by atoms with Crippen molar-refractivity contribution >= 4 is 11.3 Å². The van der Waals surface area contributed by atoms with Crippen molar-refractivity contribution in [1.29, 1.82) is 0 Å². The molecule has 3 aromatic rings. The number of aromatic nitrogens is 4. The predicted molar refractivity (Wildman–Crippen MR) is 60.6 cm³/mol. The summed E-state index contributed by atoms with van der Waals surface area (Å²) in [5, 5.41) is 8.16. The Morgan fingerprint density at radius 1 is 1.06 bits per heavy atom. The highest BCUT2D eigenvalue weighted by atomic mass is 15.3. The van der Waals surface area contributed by atoms with E-state index in [1.807, 2.05) is 28.7 Å². The fourth-order valence-electron chi connectivity index (χ4n) is 1.58. The van der Waals surface area contributed by atoms with Crippen molar-refractivity contribution in [3.8, 4) is 11.5 Å². The first-order valence-electron chi connectivity index (χ1n) is 4.86. The van der Waals surface area contributed by atoms with Crippen molar-refractivity contribution in [2.24, 2.45) is 0 Å². The number of nitrogen functional groups attached to an aromatic ring is 1. The van der Waals surface area contributed by atoms with Gasteiger partial charge in [-0.2, -0.15) is 0 Å². The Bertz CT molecular complexity index is 629. The summed E-state index contributed by atoms with van der Waals surface area (Å²) >= 11 is 0. The summed E-state index contributed by atoms with van der Waals surface area (Å²) in [7, 11) is 0. The summed E-state index contributed by atoms with van der Waals surface area (Å²) in [5.74, 6) is 0.697. The standard InChI is InChI=1S/C11H9N5/c12-8-4-5-10-14-15-11(16(10)7-8)9-3-1-2-6-13-9/h1-7H,12H2. The van der Waals surface area contributed by atoms with Gasteiger partial charge in [-0.1, -0.05) is 6.07 Å². The van der Waals surface area contributed by atoms with Crippen molar-refractivity contribution in [2.45, 2.75) is 0 Å². The fourth-order valence-corrected chi connectivity index (χ4v) is 1.58. The topological polar surface area (TPSA) is 69.1 Å². The van der Waals surface area contributed by atoms with Gasteiger partial charge in [0.2, 0.25) is 0 Å². The van der Waals surface area contributed by atoms with E-state index in [2.05, 4.69) is 15.2 Å². The van der Waals surface area contributed by atoms with Crippen LogP contribution in [-0.2, 0) is 0 Å². The van der Waals surface area contributed by atoms with Gasteiger partial charge in [0.15, 0.2) is 11.5 Å². The summed E-state index contributed by atoms with van der Waals surface area (Å²) in [6.07, 6.45) is 3.52. The molecule has 5 nitrogen and oxygen atoms in total. The zero-order valence-corrected chi connectivity index (χ0v) is 8.41. The number of nitrogens with zero attached hydrogens (tertiary/aromatic N) is 4. The first-order valence-corrected chi connectivity index (χ1v) is 4.86. The highest BCUT2D eigenvalue weighted by Crippen LogP contribution is 2.16. The number of hydrogen-bond donors (Lipinski definition) is 1. The zero-order chi connectivity index (χ0) is 11.0. The summed E-state index contributed by atoms with van der Waals surface area (Å²) < 4.78 is 1.83. The van der Waals surface area contributed by atoms with Gasteiger partial charge in [-0.25, -0.2) is 0 Å². The third-order valence-electron chi connectivity index (χ3n) is 2.32. The van der Waals surface area contributed by atoms with Crippen LogP contribution in [-0.4, -0.2) is 19.6 Å². The van der Waals surface area contributed by atoms with E-state index in [4.69, 9.17) is 5.73 Å². The maximum Gasteiger partial charge on any atom is 0.187 e. The van der Waals surface area contributed by atoms with Gasteiger partial charge in [0.05, 0.1) is 0 Å². The molecular weight excluding hydrogens is 202 g/mol. The lowest BCUT2D eigenvalue weighted by Crippen LogP contribution is -1.93. The number of fused-ring (bicyclic) bond motifs is 1. The van der Waals surface area contributed by atoms with E-state index in [1.165, 1.54) is 0 Å². The number of rotatable bonds is 1. The van der Waals surface area contributed by atoms with Crippen LogP contribution in [0.15, 0.2) is 42.7 Å². The van der Waals surface area contributed by atoms with E-state index in [-0.39, 0.29) is 0 Å². The molecule has 0 saturated carbocycles. The normalized spacial score (nSPS) is 10.8. The lowest BCUT2D eigenvalue weighted by molar-refractivity contribution is 1.09.